The summed E-state index contributed by atoms with van der Waals surface area (Å²) in [6.45, 7) is 3.73. The minimum Gasteiger partial charge on any atom is -0.399 e. The van der Waals surface area contributed by atoms with Crippen molar-refractivity contribution in [2.45, 2.75) is 50.1 Å². The third kappa shape index (κ3) is 2.60. The summed E-state index contributed by atoms with van der Waals surface area (Å²) in [5.41, 5.74) is 5.67. The summed E-state index contributed by atoms with van der Waals surface area (Å²) in [6.07, 6.45) is 2.61. The van der Waals surface area contributed by atoms with Crippen molar-refractivity contribution in [3.8, 4) is 0 Å². The van der Waals surface area contributed by atoms with E-state index >= 15 is 0 Å². The number of piperidine rings is 1. The lowest BCUT2D eigenvalue weighted by Crippen LogP contribution is -2.47. The van der Waals surface area contributed by atoms with Crippen LogP contribution in [0, 0.1) is 5.82 Å². The highest BCUT2D eigenvalue weighted by molar-refractivity contribution is 7.89. The Balaban J connectivity index is 2.46. The Bertz CT molecular complexity index is 564. The number of halogens is 1. The fraction of sp³-hybridized carbons (Fsp3) is 0.538. The third-order valence-electron chi connectivity index (χ3n) is 3.62. The molecule has 4 nitrogen and oxygen atoms in total. The van der Waals surface area contributed by atoms with Gasteiger partial charge < -0.3 is 5.73 Å². The van der Waals surface area contributed by atoms with Crippen LogP contribution in [-0.4, -0.2) is 24.8 Å². The average molecular weight is 286 g/mol. The molecule has 1 aromatic rings. The Morgan fingerprint density at radius 1 is 1.26 bits per heavy atom. The Kier molecular flexibility index (Phi) is 3.82. The fourth-order valence-electron chi connectivity index (χ4n) is 2.71. The molecular weight excluding hydrogens is 267 g/mol. The molecule has 106 valence electrons. The van der Waals surface area contributed by atoms with Gasteiger partial charge in [0.05, 0.1) is 0 Å². The first kappa shape index (κ1) is 14.3. The molecule has 0 aliphatic carbocycles. The molecule has 0 aromatic heterocycles. The maximum Gasteiger partial charge on any atom is 0.246 e. The minimum atomic E-state index is -3.81. The van der Waals surface area contributed by atoms with Gasteiger partial charge in [0.15, 0.2) is 0 Å². The van der Waals surface area contributed by atoms with E-state index in [4.69, 9.17) is 5.73 Å². The lowest BCUT2D eigenvalue weighted by atomic mass is 10.0. The number of hydrogen-bond donors (Lipinski definition) is 1. The van der Waals surface area contributed by atoms with Crippen LogP contribution in [0.25, 0.3) is 0 Å². The van der Waals surface area contributed by atoms with Crippen LogP contribution in [-0.2, 0) is 10.0 Å². The number of nitrogens with two attached hydrogens (primary N) is 1. The van der Waals surface area contributed by atoms with E-state index in [0.29, 0.717) is 0 Å². The van der Waals surface area contributed by atoms with Crippen molar-refractivity contribution in [3.63, 3.8) is 0 Å². The molecule has 1 aliphatic heterocycles. The van der Waals surface area contributed by atoms with Crippen LogP contribution in [0.3, 0.4) is 0 Å². The first-order valence-corrected chi connectivity index (χ1v) is 7.86. The van der Waals surface area contributed by atoms with Gasteiger partial charge >= 0.3 is 0 Å². The number of rotatable bonds is 2. The number of nitrogens with zero attached hydrogens (tertiary/aromatic N) is 1. The van der Waals surface area contributed by atoms with Crippen LogP contribution < -0.4 is 5.73 Å². The van der Waals surface area contributed by atoms with Crippen molar-refractivity contribution in [2.75, 3.05) is 5.73 Å². The second kappa shape index (κ2) is 5.09. The average Bonchev–Trinajstić information content (AvgIpc) is 2.27. The van der Waals surface area contributed by atoms with Crippen molar-refractivity contribution >= 4 is 15.7 Å². The number of hydrogen-bond acceptors (Lipinski definition) is 3. The number of sulfonamides is 1. The van der Waals surface area contributed by atoms with E-state index in [9.17, 15) is 12.8 Å². The second-order valence-electron chi connectivity index (χ2n) is 5.15. The van der Waals surface area contributed by atoms with Gasteiger partial charge in [-0.25, -0.2) is 12.8 Å². The third-order valence-corrected chi connectivity index (χ3v) is 5.79. The molecule has 2 atom stereocenters. The topological polar surface area (TPSA) is 63.4 Å². The highest BCUT2D eigenvalue weighted by Gasteiger charge is 2.36. The van der Waals surface area contributed by atoms with Crippen LogP contribution in [0.15, 0.2) is 23.1 Å². The normalized spacial score (nSPS) is 25.4. The van der Waals surface area contributed by atoms with E-state index < -0.39 is 15.8 Å². The van der Waals surface area contributed by atoms with E-state index in [-0.39, 0.29) is 22.7 Å². The summed E-state index contributed by atoms with van der Waals surface area (Å²) in [6, 6.07) is 3.49. The zero-order valence-electron chi connectivity index (χ0n) is 11.1. The summed E-state index contributed by atoms with van der Waals surface area (Å²) >= 11 is 0. The van der Waals surface area contributed by atoms with Crippen LogP contribution in [0.5, 0.6) is 0 Å². The Morgan fingerprint density at radius 2 is 1.84 bits per heavy atom. The summed E-state index contributed by atoms with van der Waals surface area (Å²) in [5.74, 6) is -0.787. The van der Waals surface area contributed by atoms with Gasteiger partial charge in [-0.3, -0.25) is 0 Å². The van der Waals surface area contributed by atoms with Gasteiger partial charge in [0.2, 0.25) is 10.0 Å². The van der Waals surface area contributed by atoms with Crippen LogP contribution >= 0.6 is 0 Å². The first-order valence-electron chi connectivity index (χ1n) is 6.42. The van der Waals surface area contributed by atoms with Crippen molar-refractivity contribution in [1.82, 2.24) is 4.31 Å². The van der Waals surface area contributed by atoms with E-state index in [1.165, 1.54) is 16.4 Å². The minimum absolute atomic E-state index is 0.106. The molecule has 19 heavy (non-hydrogen) atoms. The van der Waals surface area contributed by atoms with Gasteiger partial charge in [0.1, 0.15) is 10.7 Å². The number of benzene rings is 1. The van der Waals surface area contributed by atoms with Gasteiger partial charge in [0.25, 0.3) is 0 Å². The van der Waals surface area contributed by atoms with Crippen molar-refractivity contribution in [1.29, 1.82) is 0 Å². The predicted molar refractivity (Wildman–Crippen MR) is 72.6 cm³/mol. The molecule has 1 fully saturated rings. The molecular formula is C13H19FN2O2S. The lowest BCUT2D eigenvalue weighted by molar-refractivity contribution is 0.203. The second-order valence-corrected chi connectivity index (χ2v) is 6.97. The van der Waals surface area contributed by atoms with Crippen molar-refractivity contribution in [3.05, 3.63) is 24.0 Å². The highest BCUT2D eigenvalue weighted by atomic mass is 32.2. The summed E-state index contributed by atoms with van der Waals surface area (Å²) in [5, 5.41) is 0. The van der Waals surface area contributed by atoms with Crippen molar-refractivity contribution in [2.24, 2.45) is 0 Å². The molecule has 0 saturated carbocycles. The lowest BCUT2D eigenvalue weighted by Gasteiger charge is -2.37. The molecule has 0 amide bonds. The zero-order chi connectivity index (χ0) is 14.2. The number of anilines is 1. The largest absolute Gasteiger partial charge is 0.399 e. The number of nitrogen functional groups attached to an aromatic ring is 1. The van der Waals surface area contributed by atoms with Crippen LogP contribution in [0.1, 0.15) is 33.1 Å². The summed E-state index contributed by atoms with van der Waals surface area (Å²) < 4.78 is 40.5. The molecule has 0 radical (unpaired) electrons. The monoisotopic (exact) mass is 286 g/mol. The van der Waals surface area contributed by atoms with Gasteiger partial charge in [-0.2, -0.15) is 4.31 Å². The Hall–Kier alpha value is -1.14. The van der Waals surface area contributed by atoms with E-state index in [0.717, 1.165) is 25.3 Å². The van der Waals surface area contributed by atoms with Gasteiger partial charge in [-0.1, -0.05) is 6.42 Å². The molecule has 1 heterocycles. The standard InChI is InChI=1S/C13H19FN2O2S/c1-9-4-3-5-10(2)16(9)19(17,18)13-7-6-11(15)8-12(13)14/h6-10H,3-5,15H2,1-2H3/t9-,10+. The molecule has 2 rings (SSSR count). The maximum atomic E-state index is 13.9. The SMILES string of the molecule is C[C@@H]1CCC[C@H](C)N1S(=O)(=O)c1ccc(N)cc1F. The van der Waals surface area contributed by atoms with Gasteiger partial charge in [0, 0.05) is 17.8 Å². The van der Waals surface area contributed by atoms with E-state index in [1.807, 2.05) is 13.8 Å². The molecule has 0 unspecified atom stereocenters. The Morgan fingerprint density at radius 3 is 2.37 bits per heavy atom. The zero-order valence-corrected chi connectivity index (χ0v) is 12.0. The van der Waals surface area contributed by atoms with Crippen molar-refractivity contribution < 1.29 is 12.8 Å². The van der Waals surface area contributed by atoms with Gasteiger partial charge in [-0.15, -0.1) is 0 Å². The Labute approximate surface area is 113 Å². The molecule has 0 spiro atoms. The molecule has 0 bridgehead atoms. The molecule has 6 heteroatoms. The highest BCUT2D eigenvalue weighted by Crippen LogP contribution is 2.30. The predicted octanol–water partition coefficient (Wildman–Crippen LogP) is 2.36. The van der Waals surface area contributed by atoms with E-state index in [2.05, 4.69) is 0 Å². The maximum absolute atomic E-state index is 13.9. The molecule has 1 aliphatic rings. The van der Waals surface area contributed by atoms with Gasteiger partial charge in [-0.05, 0) is 44.9 Å². The summed E-state index contributed by atoms with van der Waals surface area (Å²) in [7, 11) is -3.81. The fourth-order valence-corrected chi connectivity index (χ4v) is 4.64. The molecule has 1 saturated heterocycles. The first-order chi connectivity index (χ1) is 8.84. The quantitative estimate of drug-likeness (QED) is 0.849. The molecule has 1 aromatic carbocycles. The molecule has 2 N–H and O–H groups in total. The van der Waals surface area contributed by atoms with Crippen LogP contribution in [0.4, 0.5) is 10.1 Å². The van der Waals surface area contributed by atoms with Crippen LogP contribution in [0.2, 0.25) is 0 Å². The smallest absolute Gasteiger partial charge is 0.246 e. The summed E-state index contributed by atoms with van der Waals surface area (Å²) in [4.78, 5) is -0.290. The van der Waals surface area contributed by atoms with E-state index in [1.54, 1.807) is 0 Å².